The molecule has 0 fully saturated rings. The van der Waals surface area contributed by atoms with E-state index >= 15 is 0 Å². The average molecular weight is 260 g/mol. The molecule has 0 aliphatic carbocycles. The summed E-state index contributed by atoms with van der Waals surface area (Å²) in [4.78, 5) is 0. The highest BCUT2D eigenvalue weighted by Gasteiger charge is 2.17. The van der Waals surface area contributed by atoms with Crippen LogP contribution in [0.5, 0.6) is 0 Å². The van der Waals surface area contributed by atoms with E-state index in [2.05, 4.69) is 26.1 Å². The molecular weight excluding hydrogens is 241 g/mol. The largest absolute Gasteiger partial charge is 0.310 e. The normalized spacial score (nSPS) is 13.1. The van der Waals surface area contributed by atoms with Gasteiger partial charge >= 0.3 is 0 Å². The highest BCUT2D eigenvalue weighted by molar-refractivity contribution is 6.33. The molecule has 0 saturated heterocycles. The molecule has 0 heterocycles. The van der Waals surface area contributed by atoms with Gasteiger partial charge < -0.3 is 5.32 Å². The van der Waals surface area contributed by atoms with Gasteiger partial charge in [0.2, 0.25) is 0 Å². The topological polar surface area (TPSA) is 12.0 Å². The lowest BCUT2D eigenvalue weighted by Crippen LogP contribution is -2.26. The smallest absolute Gasteiger partial charge is 0.0454 e. The predicted molar refractivity (Wildman–Crippen MR) is 72.3 cm³/mol. The summed E-state index contributed by atoms with van der Waals surface area (Å²) in [6, 6.07) is 5.91. The minimum atomic E-state index is 0.270. The van der Waals surface area contributed by atoms with Crippen molar-refractivity contribution in [3.05, 3.63) is 33.8 Å². The number of benzene rings is 1. The van der Waals surface area contributed by atoms with Gasteiger partial charge in [-0.2, -0.15) is 0 Å². The fourth-order valence-electron chi connectivity index (χ4n) is 1.76. The molecule has 0 aromatic heterocycles. The summed E-state index contributed by atoms with van der Waals surface area (Å²) in [7, 11) is 0. The first kappa shape index (κ1) is 13.8. The van der Waals surface area contributed by atoms with Crippen LogP contribution in [0.2, 0.25) is 10.0 Å². The Morgan fingerprint density at radius 1 is 1.25 bits per heavy atom. The summed E-state index contributed by atoms with van der Waals surface area (Å²) in [6.45, 7) is 7.52. The van der Waals surface area contributed by atoms with Crippen LogP contribution >= 0.6 is 23.2 Å². The Labute approximate surface area is 108 Å². The Kier molecular flexibility index (Phi) is 5.60. The van der Waals surface area contributed by atoms with E-state index in [0.717, 1.165) is 28.6 Å². The summed E-state index contributed by atoms with van der Waals surface area (Å²) in [6.07, 6.45) is 1.11. The third kappa shape index (κ3) is 3.65. The van der Waals surface area contributed by atoms with Crippen molar-refractivity contribution in [2.45, 2.75) is 33.2 Å². The van der Waals surface area contributed by atoms with Crippen molar-refractivity contribution in [2.75, 3.05) is 6.54 Å². The quantitative estimate of drug-likeness (QED) is 0.809. The zero-order valence-corrected chi connectivity index (χ0v) is 11.6. The van der Waals surface area contributed by atoms with Crippen molar-refractivity contribution in [3.63, 3.8) is 0 Å². The monoisotopic (exact) mass is 259 g/mol. The second kappa shape index (κ2) is 6.48. The molecule has 1 aromatic carbocycles. The molecule has 0 saturated carbocycles. The Hall–Kier alpha value is -0.240. The van der Waals surface area contributed by atoms with E-state index in [4.69, 9.17) is 23.2 Å². The lowest BCUT2D eigenvalue weighted by molar-refractivity contribution is 0.413. The second-order valence-electron chi connectivity index (χ2n) is 4.34. The van der Waals surface area contributed by atoms with Gasteiger partial charge in [0.25, 0.3) is 0 Å². The van der Waals surface area contributed by atoms with Crippen molar-refractivity contribution in [1.29, 1.82) is 0 Å². The Balaban J connectivity index is 2.95. The minimum absolute atomic E-state index is 0.270. The van der Waals surface area contributed by atoms with Gasteiger partial charge in [0, 0.05) is 16.1 Å². The zero-order valence-electron chi connectivity index (χ0n) is 10.1. The molecule has 1 atom stereocenters. The fraction of sp³-hybridized carbons (Fsp3) is 0.538. The molecule has 0 aliphatic rings. The van der Waals surface area contributed by atoms with Crippen molar-refractivity contribution in [1.82, 2.24) is 5.32 Å². The van der Waals surface area contributed by atoms with E-state index in [0.29, 0.717) is 5.92 Å². The lowest BCUT2D eigenvalue weighted by atomic mass is 9.96. The fourth-order valence-corrected chi connectivity index (χ4v) is 2.17. The van der Waals surface area contributed by atoms with Crippen LogP contribution in [0.3, 0.4) is 0 Å². The first-order chi connectivity index (χ1) is 7.56. The molecule has 1 nitrogen and oxygen atoms in total. The minimum Gasteiger partial charge on any atom is -0.310 e. The van der Waals surface area contributed by atoms with Crippen LogP contribution < -0.4 is 5.32 Å². The maximum Gasteiger partial charge on any atom is 0.0454 e. The van der Waals surface area contributed by atoms with Gasteiger partial charge in [-0.3, -0.25) is 0 Å². The van der Waals surface area contributed by atoms with Gasteiger partial charge in [0.15, 0.2) is 0 Å². The van der Waals surface area contributed by atoms with Gasteiger partial charge in [-0.05, 0) is 42.6 Å². The molecule has 90 valence electrons. The standard InChI is InChI=1S/C13H19Cl2N/c1-4-7-16-13(9(2)3)11-8-10(14)5-6-12(11)15/h5-6,8-9,13,16H,4,7H2,1-3H3. The van der Waals surface area contributed by atoms with Gasteiger partial charge in [0.1, 0.15) is 0 Å². The molecule has 1 N–H and O–H groups in total. The summed E-state index contributed by atoms with van der Waals surface area (Å²) in [5.74, 6) is 0.488. The van der Waals surface area contributed by atoms with Crippen molar-refractivity contribution in [3.8, 4) is 0 Å². The van der Waals surface area contributed by atoms with Crippen LogP contribution in [-0.4, -0.2) is 6.54 Å². The number of hydrogen-bond acceptors (Lipinski definition) is 1. The van der Waals surface area contributed by atoms with E-state index in [9.17, 15) is 0 Å². The number of hydrogen-bond donors (Lipinski definition) is 1. The molecule has 0 radical (unpaired) electrons. The number of nitrogens with one attached hydrogen (secondary N) is 1. The van der Waals surface area contributed by atoms with Crippen LogP contribution in [0.4, 0.5) is 0 Å². The molecule has 16 heavy (non-hydrogen) atoms. The average Bonchev–Trinajstić information content (AvgIpc) is 2.23. The van der Waals surface area contributed by atoms with Crippen LogP contribution in [-0.2, 0) is 0 Å². The van der Waals surface area contributed by atoms with Gasteiger partial charge in [-0.25, -0.2) is 0 Å². The van der Waals surface area contributed by atoms with Gasteiger partial charge in [-0.1, -0.05) is 44.0 Å². The third-order valence-corrected chi connectivity index (χ3v) is 3.15. The molecular formula is C13H19Cl2N. The van der Waals surface area contributed by atoms with E-state index in [-0.39, 0.29) is 6.04 Å². The summed E-state index contributed by atoms with van der Waals surface area (Å²) in [5.41, 5.74) is 1.10. The van der Waals surface area contributed by atoms with Crippen LogP contribution in [0.1, 0.15) is 38.8 Å². The number of halogens is 2. The van der Waals surface area contributed by atoms with E-state index in [1.165, 1.54) is 0 Å². The Morgan fingerprint density at radius 3 is 2.50 bits per heavy atom. The van der Waals surface area contributed by atoms with Crippen molar-refractivity contribution < 1.29 is 0 Å². The van der Waals surface area contributed by atoms with Crippen molar-refractivity contribution >= 4 is 23.2 Å². The SMILES string of the molecule is CCCNC(c1cc(Cl)ccc1Cl)C(C)C. The van der Waals surface area contributed by atoms with E-state index < -0.39 is 0 Å². The van der Waals surface area contributed by atoms with Crippen LogP contribution in [0, 0.1) is 5.92 Å². The Bertz CT molecular complexity index is 337. The molecule has 0 amide bonds. The Morgan fingerprint density at radius 2 is 1.94 bits per heavy atom. The van der Waals surface area contributed by atoms with E-state index in [1.807, 2.05) is 18.2 Å². The van der Waals surface area contributed by atoms with Gasteiger partial charge in [0.05, 0.1) is 0 Å². The van der Waals surface area contributed by atoms with Crippen LogP contribution in [0.25, 0.3) is 0 Å². The summed E-state index contributed by atoms with van der Waals surface area (Å²) < 4.78 is 0. The highest BCUT2D eigenvalue weighted by Crippen LogP contribution is 2.30. The second-order valence-corrected chi connectivity index (χ2v) is 5.19. The third-order valence-electron chi connectivity index (χ3n) is 2.57. The molecule has 1 unspecified atom stereocenters. The first-order valence-electron chi connectivity index (χ1n) is 5.74. The van der Waals surface area contributed by atoms with Crippen LogP contribution in [0.15, 0.2) is 18.2 Å². The molecule has 1 aromatic rings. The zero-order chi connectivity index (χ0) is 12.1. The predicted octanol–water partition coefficient (Wildman–Crippen LogP) is 4.69. The highest BCUT2D eigenvalue weighted by atomic mass is 35.5. The number of rotatable bonds is 5. The summed E-state index contributed by atoms with van der Waals surface area (Å²) >= 11 is 12.2. The molecule has 1 rings (SSSR count). The molecule has 0 aliphatic heterocycles. The first-order valence-corrected chi connectivity index (χ1v) is 6.50. The maximum absolute atomic E-state index is 6.22. The van der Waals surface area contributed by atoms with Crippen molar-refractivity contribution in [2.24, 2.45) is 5.92 Å². The van der Waals surface area contributed by atoms with E-state index in [1.54, 1.807) is 0 Å². The maximum atomic E-state index is 6.22. The molecule has 3 heteroatoms. The van der Waals surface area contributed by atoms with Gasteiger partial charge in [-0.15, -0.1) is 0 Å². The molecule has 0 bridgehead atoms. The summed E-state index contributed by atoms with van der Waals surface area (Å²) in [5, 5.41) is 5.03. The molecule has 0 spiro atoms. The lowest BCUT2D eigenvalue weighted by Gasteiger charge is -2.24.